The van der Waals surface area contributed by atoms with E-state index in [0.29, 0.717) is 6.61 Å². The van der Waals surface area contributed by atoms with Crippen LogP contribution in [-0.4, -0.2) is 12.6 Å². The molecule has 82 valence electrons. The number of hydrogen-bond acceptors (Lipinski definition) is 2. The highest BCUT2D eigenvalue weighted by atomic mass is 79.9. The maximum atomic E-state index is 10.7. The number of carbonyl (C=O) groups excluding carboxylic acids is 1. The first-order chi connectivity index (χ1) is 7.00. The van der Waals surface area contributed by atoms with E-state index in [4.69, 9.17) is 4.74 Å². The van der Waals surface area contributed by atoms with E-state index in [1.54, 1.807) is 0 Å². The molecule has 0 aliphatic rings. The zero-order valence-electron chi connectivity index (χ0n) is 9.21. The summed E-state index contributed by atoms with van der Waals surface area (Å²) in [4.78, 5) is 10.7. The summed E-state index contributed by atoms with van der Waals surface area (Å²) in [5.74, 6) is -0.0195. The highest BCUT2D eigenvalue weighted by molar-refractivity contribution is 9.10. The minimum Gasteiger partial charge on any atom is -0.465 e. The van der Waals surface area contributed by atoms with Crippen molar-refractivity contribution in [2.24, 2.45) is 0 Å². The molecule has 0 amide bonds. The van der Waals surface area contributed by atoms with Gasteiger partial charge in [-0.05, 0) is 24.1 Å². The third kappa shape index (κ3) is 3.67. The number of halogens is 1. The van der Waals surface area contributed by atoms with Crippen molar-refractivity contribution in [2.45, 2.75) is 26.7 Å². The molecule has 0 aliphatic heterocycles. The van der Waals surface area contributed by atoms with Gasteiger partial charge in [-0.2, -0.15) is 0 Å². The van der Waals surface area contributed by atoms with Gasteiger partial charge < -0.3 is 4.74 Å². The van der Waals surface area contributed by atoms with Gasteiger partial charge in [0.1, 0.15) is 0 Å². The summed E-state index contributed by atoms with van der Waals surface area (Å²) < 4.78 is 6.05. The van der Waals surface area contributed by atoms with Crippen LogP contribution >= 0.6 is 15.9 Å². The van der Waals surface area contributed by atoms with Gasteiger partial charge in [0.2, 0.25) is 0 Å². The molecule has 0 spiro atoms. The van der Waals surface area contributed by atoms with E-state index in [-0.39, 0.29) is 11.9 Å². The van der Waals surface area contributed by atoms with E-state index in [1.165, 1.54) is 18.1 Å². The highest BCUT2D eigenvalue weighted by Crippen LogP contribution is 2.26. The van der Waals surface area contributed by atoms with Gasteiger partial charge in [0, 0.05) is 17.3 Å². The predicted octanol–water partition coefficient (Wildman–Crippen LogP) is 3.42. The van der Waals surface area contributed by atoms with Crippen molar-refractivity contribution < 1.29 is 9.53 Å². The molecule has 15 heavy (non-hydrogen) atoms. The van der Waals surface area contributed by atoms with Crippen LogP contribution in [0.1, 0.15) is 30.9 Å². The number of aryl methyl sites for hydroxylation is 1. The average Bonchev–Trinajstić information content (AvgIpc) is 2.14. The maximum Gasteiger partial charge on any atom is 0.302 e. The Kier molecular flexibility index (Phi) is 4.33. The molecule has 0 aliphatic carbocycles. The van der Waals surface area contributed by atoms with Gasteiger partial charge >= 0.3 is 5.97 Å². The lowest BCUT2D eigenvalue weighted by Crippen LogP contribution is -2.08. The number of benzene rings is 1. The van der Waals surface area contributed by atoms with Gasteiger partial charge in [-0.1, -0.05) is 35.0 Å². The van der Waals surface area contributed by atoms with Crippen molar-refractivity contribution in [3.05, 3.63) is 33.8 Å². The fourth-order valence-corrected chi connectivity index (χ4v) is 2.25. The summed E-state index contributed by atoms with van der Waals surface area (Å²) in [5.41, 5.74) is 2.38. The van der Waals surface area contributed by atoms with E-state index in [2.05, 4.69) is 34.1 Å². The highest BCUT2D eigenvalue weighted by Gasteiger charge is 2.10. The first-order valence-corrected chi connectivity index (χ1v) is 5.69. The topological polar surface area (TPSA) is 26.3 Å². The monoisotopic (exact) mass is 270 g/mol. The molecule has 1 rings (SSSR count). The van der Waals surface area contributed by atoms with Gasteiger partial charge in [-0.3, -0.25) is 4.79 Å². The van der Waals surface area contributed by atoms with Crippen molar-refractivity contribution in [2.75, 3.05) is 6.61 Å². The van der Waals surface area contributed by atoms with Crippen LogP contribution in [0.4, 0.5) is 0 Å². The van der Waals surface area contributed by atoms with E-state index in [9.17, 15) is 4.79 Å². The van der Waals surface area contributed by atoms with Gasteiger partial charge in [0.25, 0.3) is 0 Å². The smallest absolute Gasteiger partial charge is 0.302 e. The Bertz CT molecular complexity index is 361. The molecule has 0 saturated carbocycles. The average molecular weight is 271 g/mol. The third-order valence-corrected chi connectivity index (χ3v) is 2.91. The predicted molar refractivity (Wildman–Crippen MR) is 63.9 cm³/mol. The summed E-state index contributed by atoms with van der Waals surface area (Å²) in [5, 5.41) is 0. The fourth-order valence-electron chi connectivity index (χ4n) is 1.36. The van der Waals surface area contributed by atoms with Crippen LogP contribution in [0.15, 0.2) is 22.7 Å². The molecule has 0 aromatic heterocycles. The van der Waals surface area contributed by atoms with E-state index >= 15 is 0 Å². The summed E-state index contributed by atoms with van der Waals surface area (Å²) in [6.07, 6.45) is 0. The van der Waals surface area contributed by atoms with Crippen molar-refractivity contribution in [1.82, 2.24) is 0 Å². The van der Waals surface area contributed by atoms with Crippen LogP contribution in [0, 0.1) is 6.92 Å². The minimum absolute atomic E-state index is 0.212. The molecule has 0 unspecified atom stereocenters. The molecular weight excluding hydrogens is 256 g/mol. The number of rotatable bonds is 3. The molecule has 0 bridgehead atoms. The fraction of sp³-hybridized carbons (Fsp3) is 0.417. The second kappa shape index (κ2) is 5.31. The van der Waals surface area contributed by atoms with E-state index in [1.807, 2.05) is 13.8 Å². The van der Waals surface area contributed by atoms with Gasteiger partial charge in [0.05, 0.1) is 6.61 Å². The lowest BCUT2D eigenvalue weighted by atomic mass is 10.0. The molecule has 0 heterocycles. The molecule has 0 saturated heterocycles. The molecule has 1 aromatic rings. The third-order valence-electron chi connectivity index (χ3n) is 2.22. The van der Waals surface area contributed by atoms with Gasteiger partial charge in [-0.25, -0.2) is 0 Å². The Hall–Kier alpha value is -0.830. The Balaban J connectivity index is 2.73. The summed E-state index contributed by atoms with van der Waals surface area (Å²) >= 11 is 3.51. The number of carbonyl (C=O) groups is 1. The first-order valence-electron chi connectivity index (χ1n) is 4.90. The quantitative estimate of drug-likeness (QED) is 0.787. The van der Waals surface area contributed by atoms with Crippen LogP contribution in [0.25, 0.3) is 0 Å². The van der Waals surface area contributed by atoms with E-state index in [0.717, 1.165) is 4.47 Å². The second-order valence-corrected chi connectivity index (χ2v) is 4.58. The lowest BCUT2D eigenvalue weighted by molar-refractivity contribution is -0.141. The molecule has 1 aromatic carbocycles. The summed E-state index contributed by atoms with van der Waals surface area (Å²) in [6.45, 7) is 5.94. The normalized spacial score (nSPS) is 12.3. The van der Waals surface area contributed by atoms with Crippen LogP contribution in [0.5, 0.6) is 0 Å². The largest absolute Gasteiger partial charge is 0.465 e. The Morgan fingerprint density at radius 3 is 2.73 bits per heavy atom. The zero-order valence-corrected chi connectivity index (χ0v) is 10.8. The molecule has 1 atom stereocenters. The van der Waals surface area contributed by atoms with Crippen LogP contribution in [-0.2, 0) is 9.53 Å². The molecule has 2 nitrogen and oxygen atoms in total. The standard InChI is InChI=1S/C12H15BrO2/c1-8-4-5-11(12(13)6-8)9(2)7-15-10(3)14/h4-6,9H,7H2,1-3H3/t9-/m1/s1. The van der Waals surface area contributed by atoms with Crippen LogP contribution in [0.3, 0.4) is 0 Å². The maximum absolute atomic E-state index is 10.7. The Morgan fingerprint density at radius 1 is 1.53 bits per heavy atom. The molecule has 0 N–H and O–H groups in total. The number of hydrogen-bond donors (Lipinski definition) is 0. The zero-order chi connectivity index (χ0) is 11.4. The summed E-state index contributed by atoms with van der Waals surface area (Å²) in [6, 6.07) is 6.19. The van der Waals surface area contributed by atoms with Crippen molar-refractivity contribution in [1.29, 1.82) is 0 Å². The second-order valence-electron chi connectivity index (χ2n) is 3.73. The van der Waals surface area contributed by atoms with Gasteiger partial charge in [0.15, 0.2) is 0 Å². The number of ether oxygens (including phenoxy) is 1. The van der Waals surface area contributed by atoms with Crippen molar-refractivity contribution in [3.63, 3.8) is 0 Å². The SMILES string of the molecule is CC(=O)OC[C@@H](C)c1ccc(C)cc1Br. The van der Waals surface area contributed by atoms with Crippen molar-refractivity contribution >= 4 is 21.9 Å². The molecular formula is C12H15BrO2. The molecule has 3 heteroatoms. The van der Waals surface area contributed by atoms with Crippen LogP contribution < -0.4 is 0 Å². The molecule has 0 fully saturated rings. The van der Waals surface area contributed by atoms with Crippen LogP contribution in [0.2, 0.25) is 0 Å². The Morgan fingerprint density at radius 2 is 2.20 bits per heavy atom. The van der Waals surface area contributed by atoms with Gasteiger partial charge in [-0.15, -0.1) is 0 Å². The first kappa shape index (κ1) is 12.2. The molecule has 0 radical (unpaired) electrons. The van der Waals surface area contributed by atoms with E-state index < -0.39 is 0 Å². The lowest BCUT2D eigenvalue weighted by Gasteiger charge is -2.13. The summed E-state index contributed by atoms with van der Waals surface area (Å²) in [7, 11) is 0. The minimum atomic E-state index is -0.231. The Labute approximate surface area is 98.8 Å². The van der Waals surface area contributed by atoms with Crippen molar-refractivity contribution in [3.8, 4) is 0 Å². The number of esters is 1.